The first-order chi connectivity index (χ1) is 8.38. The fraction of sp³-hybridized carbons (Fsp3) is 0.571. The highest BCUT2D eigenvalue weighted by Gasteiger charge is 2.18. The number of ether oxygens (including phenoxy) is 1. The maximum Gasteiger partial charge on any atom is 0.123 e. The Hall–Kier alpha value is -0.290. The Morgan fingerprint density at radius 3 is 2.53 bits per heavy atom. The highest BCUT2D eigenvalue weighted by molar-refractivity contribution is 9.10. The Morgan fingerprint density at radius 1 is 1.37 bits per heavy atom. The summed E-state index contributed by atoms with van der Waals surface area (Å²) in [5.41, 5.74) is 7.08. The van der Waals surface area contributed by atoms with Crippen molar-refractivity contribution in [2.45, 2.75) is 20.4 Å². The van der Waals surface area contributed by atoms with E-state index in [0.717, 1.165) is 23.3 Å². The summed E-state index contributed by atoms with van der Waals surface area (Å²) in [5, 5.41) is 0. The van der Waals surface area contributed by atoms with E-state index in [2.05, 4.69) is 47.8 Å². The normalized spacial score (nSPS) is 11.3. The monoisotopic (exact) mass is 350 g/mol. The lowest BCUT2D eigenvalue weighted by Crippen LogP contribution is -2.36. The van der Waals surface area contributed by atoms with Gasteiger partial charge in [-0.1, -0.05) is 29.8 Å². The maximum atomic E-state index is 5.77. The average molecular weight is 352 g/mol. The Kier molecular flexibility index (Phi) is 7.98. The third-order valence-electron chi connectivity index (χ3n) is 2.93. The van der Waals surface area contributed by atoms with E-state index in [1.165, 1.54) is 5.56 Å². The van der Waals surface area contributed by atoms with Crippen LogP contribution in [0.3, 0.4) is 0 Å². The SMILES string of the molecule is COc1ccc(Br)cc1CN(C)CC(C)(C)CN.Cl. The first kappa shape index (κ1) is 18.7. The number of benzene rings is 1. The lowest BCUT2D eigenvalue weighted by Gasteiger charge is -2.29. The molecule has 0 atom stereocenters. The third kappa shape index (κ3) is 6.13. The molecule has 19 heavy (non-hydrogen) atoms. The van der Waals surface area contributed by atoms with E-state index in [1.807, 2.05) is 12.1 Å². The lowest BCUT2D eigenvalue weighted by atomic mass is 9.93. The number of methoxy groups -OCH3 is 1. The summed E-state index contributed by atoms with van der Waals surface area (Å²) in [7, 11) is 3.81. The minimum absolute atomic E-state index is 0. The van der Waals surface area contributed by atoms with Crippen molar-refractivity contribution in [2.24, 2.45) is 11.1 Å². The number of hydrogen-bond acceptors (Lipinski definition) is 3. The van der Waals surface area contributed by atoms with Gasteiger partial charge in [0.25, 0.3) is 0 Å². The number of nitrogens with two attached hydrogens (primary N) is 1. The molecule has 3 nitrogen and oxygen atoms in total. The van der Waals surface area contributed by atoms with Gasteiger partial charge in [-0.05, 0) is 37.2 Å². The summed E-state index contributed by atoms with van der Waals surface area (Å²) < 4.78 is 6.46. The van der Waals surface area contributed by atoms with Gasteiger partial charge in [-0.2, -0.15) is 0 Å². The van der Waals surface area contributed by atoms with Gasteiger partial charge in [0.15, 0.2) is 0 Å². The molecule has 0 aromatic heterocycles. The van der Waals surface area contributed by atoms with E-state index in [0.29, 0.717) is 6.54 Å². The molecular weight excluding hydrogens is 328 g/mol. The van der Waals surface area contributed by atoms with Crippen LogP contribution in [0.4, 0.5) is 0 Å². The second-order valence-electron chi connectivity index (χ2n) is 5.50. The molecule has 0 heterocycles. The van der Waals surface area contributed by atoms with Crippen molar-refractivity contribution >= 4 is 28.3 Å². The van der Waals surface area contributed by atoms with Crippen LogP contribution in [-0.2, 0) is 6.54 Å². The second-order valence-corrected chi connectivity index (χ2v) is 6.41. The van der Waals surface area contributed by atoms with Crippen LogP contribution in [-0.4, -0.2) is 32.1 Å². The van der Waals surface area contributed by atoms with Crippen LogP contribution in [0.15, 0.2) is 22.7 Å². The van der Waals surface area contributed by atoms with Gasteiger partial charge in [-0.25, -0.2) is 0 Å². The van der Waals surface area contributed by atoms with Crippen LogP contribution in [0.5, 0.6) is 5.75 Å². The van der Waals surface area contributed by atoms with Crippen LogP contribution in [0.25, 0.3) is 0 Å². The molecule has 1 aromatic carbocycles. The van der Waals surface area contributed by atoms with Gasteiger partial charge in [-0.3, -0.25) is 0 Å². The number of nitrogens with zero attached hydrogens (tertiary/aromatic N) is 1. The highest BCUT2D eigenvalue weighted by Crippen LogP contribution is 2.25. The minimum atomic E-state index is 0. The smallest absolute Gasteiger partial charge is 0.123 e. The van der Waals surface area contributed by atoms with Crippen molar-refractivity contribution in [3.63, 3.8) is 0 Å². The first-order valence-electron chi connectivity index (χ1n) is 6.09. The van der Waals surface area contributed by atoms with E-state index in [1.54, 1.807) is 7.11 Å². The molecule has 110 valence electrons. The molecule has 1 rings (SSSR count). The summed E-state index contributed by atoms with van der Waals surface area (Å²) >= 11 is 3.50. The fourth-order valence-corrected chi connectivity index (χ4v) is 2.42. The van der Waals surface area contributed by atoms with Gasteiger partial charge in [0.1, 0.15) is 5.75 Å². The molecule has 0 spiro atoms. The van der Waals surface area contributed by atoms with Crippen molar-refractivity contribution in [1.29, 1.82) is 0 Å². The second kappa shape index (κ2) is 8.10. The van der Waals surface area contributed by atoms with Gasteiger partial charge < -0.3 is 15.4 Å². The van der Waals surface area contributed by atoms with E-state index >= 15 is 0 Å². The summed E-state index contributed by atoms with van der Waals surface area (Å²) in [6.45, 7) is 6.86. The van der Waals surface area contributed by atoms with Crippen LogP contribution < -0.4 is 10.5 Å². The third-order valence-corrected chi connectivity index (χ3v) is 3.43. The molecule has 0 saturated carbocycles. The van der Waals surface area contributed by atoms with Gasteiger partial charge >= 0.3 is 0 Å². The van der Waals surface area contributed by atoms with Crippen molar-refractivity contribution in [1.82, 2.24) is 4.90 Å². The van der Waals surface area contributed by atoms with E-state index < -0.39 is 0 Å². The van der Waals surface area contributed by atoms with Crippen LogP contribution >= 0.6 is 28.3 Å². The van der Waals surface area contributed by atoms with Crippen LogP contribution in [0.2, 0.25) is 0 Å². The predicted molar refractivity (Wildman–Crippen MR) is 87.1 cm³/mol. The maximum absolute atomic E-state index is 5.77. The zero-order chi connectivity index (χ0) is 13.8. The Labute approximate surface area is 131 Å². The molecule has 0 fully saturated rings. The molecule has 0 unspecified atom stereocenters. The molecule has 0 aliphatic carbocycles. The fourth-order valence-electron chi connectivity index (χ4n) is 2.01. The Morgan fingerprint density at radius 2 is 2.00 bits per heavy atom. The summed E-state index contributed by atoms with van der Waals surface area (Å²) in [5.74, 6) is 0.926. The Bertz CT molecular complexity index is 399. The van der Waals surface area contributed by atoms with Crippen molar-refractivity contribution in [3.05, 3.63) is 28.2 Å². The molecule has 0 aliphatic heterocycles. The van der Waals surface area contributed by atoms with Crippen molar-refractivity contribution < 1.29 is 4.74 Å². The van der Waals surface area contributed by atoms with E-state index in [4.69, 9.17) is 10.5 Å². The number of hydrogen-bond donors (Lipinski definition) is 1. The van der Waals surface area contributed by atoms with E-state index in [-0.39, 0.29) is 17.8 Å². The molecule has 0 bridgehead atoms. The van der Waals surface area contributed by atoms with Gasteiger partial charge in [-0.15, -0.1) is 12.4 Å². The lowest BCUT2D eigenvalue weighted by molar-refractivity contribution is 0.208. The number of halogens is 2. The molecule has 5 heteroatoms. The Balaban J connectivity index is 0.00000324. The minimum Gasteiger partial charge on any atom is -0.496 e. The largest absolute Gasteiger partial charge is 0.496 e. The molecule has 0 saturated heterocycles. The molecule has 2 N–H and O–H groups in total. The number of rotatable bonds is 6. The van der Waals surface area contributed by atoms with Gasteiger partial charge in [0, 0.05) is 23.1 Å². The topological polar surface area (TPSA) is 38.5 Å². The summed E-state index contributed by atoms with van der Waals surface area (Å²) in [6.07, 6.45) is 0. The van der Waals surface area contributed by atoms with Crippen LogP contribution in [0.1, 0.15) is 19.4 Å². The standard InChI is InChI=1S/C14H23BrN2O.ClH/c1-14(2,9-16)10-17(3)8-11-7-12(15)5-6-13(11)18-4;/h5-7H,8-10,16H2,1-4H3;1H. The quantitative estimate of drug-likeness (QED) is 0.854. The summed E-state index contributed by atoms with van der Waals surface area (Å²) in [4.78, 5) is 2.27. The zero-order valence-corrected chi connectivity index (χ0v) is 14.5. The van der Waals surface area contributed by atoms with Crippen molar-refractivity contribution in [2.75, 3.05) is 27.2 Å². The average Bonchev–Trinajstić information content (AvgIpc) is 2.28. The van der Waals surface area contributed by atoms with E-state index in [9.17, 15) is 0 Å². The first-order valence-corrected chi connectivity index (χ1v) is 6.88. The van der Waals surface area contributed by atoms with Crippen molar-refractivity contribution in [3.8, 4) is 5.75 Å². The van der Waals surface area contributed by atoms with Gasteiger partial charge in [0.2, 0.25) is 0 Å². The van der Waals surface area contributed by atoms with Gasteiger partial charge in [0.05, 0.1) is 7.11 Å². The molecule has 0 aliphatic rings. The molecule has 0 amide bonds. The molecule has 1 aromatic rings. The summed E-state index contributed by atoms with van der Waals surface area (Å²) in [6, 6.07) is 6.08. The molecule has 0 radical (unpaired) electrons. The van der Waals surface area contributed by atoms with Crippen LogP contribution in [0, 0.1) is 5.41 Å². The highest BCUT2D eigenvalue weighted by atomic mass is 79.9. The zero-order valence-electron chi connectivity index (χ0n) is 12.1. The molecular formula is C14H24BrClN2O. The predicted octanol–water partition coefficient (Wildman–Crippen LogP) is 3.30.